The highest BCUT2D eigenvalue weighted by Crippen LogP contribution is 2.19. The van der Waals surface area contributed by atoms with Crippen LogP contribution >= 0.6 is 0 Å². The van der Waals surface area contributed by atoms with Gasteiger partial charge in [0.2, 0.25) is 0 Å². The largest absolute Gasteiger partial charge is 0.510 e. The second-order valence-electron chi connectivity index (χ2n) is 3.50. The Morgan fingerprint density at radius 2 is 1.71 bits per heavy atom. The normalized spacial score (nSPS) is 12.2. The lowest BCUT2D eigenvalue weighted by molar-refractivity contribution is 0.498. The van der Waals surface area contributed by atoms with E-state index in [1.165, 1.54) is 6.07 Å². The minimum atomic E-state index is -5.13. The highest BCUT2D eigenvalue weighted by atomic mass is 19.4. The molecule has 1 aromatic carbocycles. The predicted octanol–water partition coefficient (Wildman–Crippen LogP) is 3.00. The second-order valence-corrected chi connectivity index (χ2v) is 3.50. The lowest BCUT2D eigenvalue weighted by Crippen LogP contribution is -2.37. The Morgan fingerprint density at radius 3 is 2.14 bits per heavy atom. The average Bonchev–Trinajstić information content (AvgIpc) is 2.01. The summed E-state index contributed by atoms with van der Waals surface area (Å²) in [7, 11) is 0. The van der Waals surface area contributed by atoms with Gasteiger partial charge in [0.1, 0.15) is 5.82 Å². The third-order valence-corrected chi connectivity index (χ3v) is 2.02. The van der Waals surface area contributed by atoms with Crippen molar-refractivity contribution in [3.63, 3.8) is 0 Å². The summed E-state index contributed by atoms with van der Waals surface area (Å²) in [6, 6.07) is 2.82. The highest BCUT2D eigenvalue weighted by Gasteiger charge is 2.29. The first-order chi connectivity index (χ1) is 6.32. The molecule has 5 heteroatoms. The third kappa shape index (κ3) is 2.27. The number of halogens is 4. The van der Waals surface area contributed by atoms with Gasteiger partial charge in [-0.05, 0) is 12.0 Å². The average molecular weight is 205 g/mol. The van der Waals surface area contributed by atoms with E-state index in [-0.39, 0.29) is 11.5 Å². The summed E-state index contributed by atoms with van der Waals surface area (Å²) in [6.45, 7) is -1.82. The minimum absolute atomic E-state index is 0.152. The minimum Gasteiger partial charge on any atom is -0.445 e. The molecule has 0 spiro atoms. The molecular formula is C9H10BF4-. The standard InChI is InChI=1S/C9H10BF4/c1-6(2)8-4-3-7(11)5-9(8)10(12,13)14/h3-6H,1-2H3/q-1. The molecule has 0 atom stereocenters. The molecule has 1 aromatic rings. The summed E-state index contributed by atoms with van der Waals surface area (Å²) >= 11 is 0. The monoisotopic (exact) mass is 205 g/mol. The summed E-state index contributed by atoms with van der Waals surface area (Å²) in [5, 5.41) is 0. The molecule has 0 aliphatic heterocycles. The molecule has 0 saturated carbocycles. The van der Waals surface area contributed by atoms with Crippen molar-refractivity contribution < 1.29 is 17.3 Å². The Balaban J connectivity index is 3.30. The van der Waals surface area contributed by atoms with Crippen LogP contribution in [0.3, 0.4) is 0 Å². The van der Waals surface area contributed by atoms with Gasteiger partial charge in [0.15, 0.2) is 0 Å². The fourth-order valence-corrected chi connectivity index (χ4v) is 1.35. The van der Waals surface area contributed by atoms with E-state index in [0.29, 0.717) is 6.07 Å². The first kappa shape index (κ1) is 11.1. The smallest absolute Gasteiger partial charge is 0.445 e. The topological polar surface area (TPSA) is 0 Å². The predicted molar refractivity (Wildman–Crippen MR) is 49.2 cm³/mol. The number of benzene rings is 1. The van der Waals surface area contributed by atoms with Crippen LogP contribution in [-0.4, -0.2) is 6.98 Å². The number of rotatable bonds is 2. The highest BCUT2D eigenvalue weighted by molar-refractivity contribution is 6.74. The van der Waals surface area contributed by atoms with Crippen LogP contribution in [0.1, 0.15) is 25.3 Å². The van der Waals surface area contributed by atoms with Crippen LogP contribution in [-0.2, 0) is 0 Å². The first-order valence-corrected chi connectivity index (χ1v) is 4.31. The van der Waals surface area contributed by atoms with Crippen LogP contribution in [0.2, 0.25) is 0 Å². The molecule has 0 fully saturated rings. The van der Waals surface area contributed by atoms with E-state index in [2.05, 4.69) is 0 Å². The Bertz CT molecular complexity index is 330. The van der Waals surface area contributed by atoms with Crippen molar-refractivity contribution in [3.05, 3.63) is 29.6 Å². The fraction of sp³-hybridized carbons (Fsp3) is 0.333. The molecule has 0 saturated heterocycles. The van der Waals surface area contributed by atoms with E-state index >= 15 is 0 Å². The van der Waals surface area contributed by atoms with Crippen LogP contribution in [0.4, 0.5) is 17.3 Å². The fourth-order valence-electron chi connectivity index (χ4n) is 1.35. The van der Waals surface area contributed by atoms with Crippen molar-refractivity contribution in [2.45, 2.75) is 19.8 Å². The maximum atomic E-state index is 12.7. The van der Waals surface area contributed by atoms with Crippen molar-refractivity contribution in [3.8, 4) is 0 Å². The van der Waals surface area contributed by atoms with Crippen LogP contribution in [0.15, 0.2) is 18.2 Å². The summed E-state index contributed by atoms with van der Waals surface area (Å²) in [6.07, 6.45) is 0. The molecule has 0 radical (unpaired) electrons. The molecule has 1 rings (SSSR count). The van der Waals surface area contributed by atoms with Crippen molar-refractivity contribution >= 4 is 12.4 Å². The van der Waals surface area contributed by atoms with E-state index in [4.69, 9.17) is 0 Å². The third-order valence-electron chi connectivity index (χ3n) is 2.02. The van der Waals surface area contributed by atoms with Gasteiger partial charge in [-0.15, -0.1) is 5.46 Å². The molecule has 0 aliphatic rings. The molecule has 0 heterocycles. The van der Waals surface area contributed by atoms with Gasteiger partial charge in [-0.25, -0.2) is 4.39 Å². The van der Waals surface area contributed by atoms with Crippen LogP contribution < -0.4 is 5.46 Å². The Hall–Kier alpha value is -0.995. The molecule has 14 heavy (non-hydrogen) atoms. The van der Waals surface area contributed by atoms with Crippen LogP contribution in [0, 0.1) is 5.82 Å². The zero-order valence-corrected chi connectivity index (χ0v) is 7.90. The summed E-state index contributed by atoms with van der Waals surface area (Å²) in [5.41, 5.74) is -0.668. The number of hydrogen-bond donors (Lipinski definition) is 0. The van der Waals surface area contributed by atoms with Crippen LogP contribution in [0.5, 0.6) is 0 Å². The lowest BCUT2D eigenvalue weighted by Gasteiger charge is -2.21. The Kier molecular flexibility index (Phi) is 2.88. The van der Waals surface area contributed by atoms with Gasteiger partial charge in [-0.3, -0.25) is 0 Å². The molecule has 0 nitrogen and oxygen atoms in total. The van der Waals surface area contributed by atoms with Gasteiger partial charge >= 0.3 is 6.98 Å². The van der Waals surface area contributed by atoms with Crippen molar-refractivity contribution in [1.29, 1.82) is 0 Å². The van der Waals surface area contributed by atoms with E-state index in [9.17, 15) is 17.3 Å². The maximum absolute atomic E-state index is 12.7. The quantitative estimate of drug-likeness (QED) is 0.514. The van der Waals surface area contributed by atoms with E-state index < -0.39 is 18.3 Å². The molecule has 0 unspecified atom stereocenters. The Labute approximate surface area is 80.0 Å². The van der Waals surface area contributed by atoms with Gasteiger partial charge in [0, 0.05) is 0 Å². The first-order valence-electron chi connectivity index (χ1n) is 4.31. The van der Waals surface area contributed by atoms with Crippen molar-refractivity contribution in [1.82, 2.24) is 0 Å². The molecule has 0 aromatic heterocycles. The second kappa shape index (κ2) is 3.63. The molecule has 78 valence electrons. The Morgan fingerprint density at radius 1 is 1.14 bits per heavy atom. The zero-order valence-electron chi connectivity index (χ0n) is 7.90. The van der Waals surface area contributed by atoms with Gasteiger partial charge < -0.3 is 12.9 Å². The van der Waals surface area contributed by atoms with Gasteiger partial charge in [0.25, 0.3) is 0 Å². The van der Waals surface area contributed by atoms with Gasteiger partial charge in [0.05, 0.1) is 0 Å². The van der Waals surface area contributed by atoms with Gasteiger partial charge in [-0.1, -0.05) is 31.5 Å². The maximum Gasteiger partial charge on any atom is 0.510 e. The SMILES string of the molecule is CC(C)c1ccc(F)cc1[B-](F)(F)F. The van der Waals surface area contributed by atoms with Crippen LogP contribution in [0.25, 0.3) is 0 Å². The zero-order chi connectivity index (χ0) is 10.9. The number of hydrogen-bond acceptors (Lipinski definition) is 0. The van der Waals surface area contributed by atoms with Crippen molar-refractivity contribution in [2.24, 2.45) is 0 Å². The van der Waals surface area contributed by atoms with Gasteiger partial charge in [-0.2, -0.15) is 0 Å². The van der Waals surface area contributed by atoms with E-state index in [1.807, 2.05) is 0 Å². The lowest BCUT2D eigenvalue weighted by atomic mass is 9.74. The molecule has 0 amide bonds. The van der Waals surface area contributed by atoms with E-state index in [0.717, 1.165) is 6.07 Å². The summed E-state index contributed by atoms with van der Waals surface area (Å²) < 4.78 is 50.1. The molecule has 0 aliphatic carbocycles. The molecule has 0 bridgehead atoms. The molecule has 0 N–H and O–H groups in total. The van der Waals surface area contributed by atoms with Crippen molar-refractivity contribution in [2.75, 3.05) is 0 Å². The summed E-state index contributed by atoms with van der Waals surface area (Å²) in [4.78, 5) is 0. The molecular weight excluding hydrogens is 195 g/mol. The summed E-state index contributed by atoms with van der Waals surface area (Å²) in [5.74, 6) is -1.10. The van der Waals surface area contributed by atoms with E-state index in [1.54, 1.807) is 13.8 Å².